The van der Waals surface area contributed by atoms with Crippen molar-refractivity contribution in [2.24, 2.45) is 0 Å². The van der Waals surface area contributed by atoms with Gasteiger partial charge < -0.3 is 20.9 Å². The Balaban J connectivity index is 2.79. The number of methoxy groups -OCH3 is 1. The van der Waals surface area contributed by atoms with Crippen LogP contribution in [0.5, 0.6) is 5.75 Å². The van der Waals surface area contributed by atoms with Crippen LogP contribution in [0.3, 0.4) is 0 Å². The van der Waals surface area contributed by atoms with Gasteiger partial charge in [0.1, 0.15) is 5.82 Å². The summed E-state index contributed by atoms with van der Waals surface area (Å²) < 4.78 is 5.21. The van der Waals surface area contributed by atoms with Crippen LogP contribution in [-0.4, -0.2) is 29.8 Å². The number of nitrogen functional groups attached to an aromatic ring is 1. The summed E-state index contributed by atoms with van der Waals surface area (Å²) in [7, 11) is 1.60. The minimum absolute atomic E-state index is 0.155. The first kappa shape index (κ1) is 13.6. The summed E-state index contributed by atoms with van der Waals surface area (Å²) in [4.78, 5) is 4.21. The van der Waals surface area contributed by atoms with E-state index < -0.39 is 0 Å². The predicted molar refractivity (Wildman–Crippen MR) is 69.2 cm³/mol. The fourth-order valence-electron chi connectivity index (χ4n) is 1.72. The van der Waals surface area contributed by atoms with Gasteiger partial charge in [0.2, 0.25) is 0 Å². The van der Waals surface area contributed by atoms with E-state index in [-0.39, 0.29) is 12.6 Å². The van der Waals surface area contributed by atoms with Gasteiger partial charge in [-0.25, -0.2) is 4.98 Å². The molecule has 0 aliphatic rings. The van der Waals surface area contributed by atoms with Crippen LogP contribution >= 0.6 is 0 Å². The number of aliphatic hydroxyl groups is 1. The normalized spacial score (nSPS) is 12.2. The number of nitrogens with one attached hydrogen (secondary N) is 1. The number of nitrogens with zero attached hydrogens (tertiary/aromatic N) is 1. The molecule has 5 heteroatoms. The third kappa shape index (κ3) is 4.11. The van der Waals surface area contributed by atoms with Crippen molar-refractivity contribution in [2.45, 2.75) is 32.2 Å². The molecule has 1 aromatic heterocycles. The second-order valence-corrected chi connectivity index (χ2v) is 3.93. The van der Waals surface area contributed by atoms with Crippen LogP contribution in [0, 0.1) is 0 Å². The van der Waals surface area contributed by atoms with E-state index >= 15 is 0 Å². The molecule has 1 rings (SSSR count). The van der Waals surface area contributed by atoms with Crippen LogP contribution in [0.2, 0.25) is 0 Å². The summed E-state index contributed by atoms with van der Waals surface area (Å²) in [5.74, 6) is 1.75. The number of hydrogen-bond donors (Lipinski definition) is 3. The summed E-state index contributed by atoms with van der Waals surface area (Å²) in [5.41, 5.74) is 5.65. The van der Waals surface area contributed by atoms with E-state index in [1.807, 2.05) is 0 Å². The van der Waals surface area contributed by atoms with Gasteiger partial charge in [-0.1, -0.05) is 13.3 Å². The molecule has 0 amide bonds. The lowest BCUT2D eigenvalue weighted by atomic mass is 10.1. The van der Waals surface area contributed by atoms with Crippen molar-refractivity contribution in [3.8, 4) is 5.75 Å². The Bertz CT molecular complexity index is 339. The second kappa shape index (κ2) is 6.96. The fraction of sp³-hybridized carbons (Fsp3) is 0.583. The topological polar surface area (TPSA) is 80.4 Å². The summed E-state index contributed by atoms with van der Waals surface area (Å²) >= 11 is 0. The number of pyridine rings is 1. The molecule has 1 heterocycles. The maximum Gasteiger partial charge on any atom is 0.171 e. The molecule has 0 spiro atoms. The molecule has 0 aromatic carbocycles. The lowest BCUT2D eigenvalue weighted by molar-refractivity contribution is 0.276. The first-order valence-corrected chi connectivity index (χ1v) is 5.89. The number of anilines is 2. The molecule has 0 fully saturated rings. The lowest BCUT2D eigenvalue weighted by Crippen LogP contribution is -2.22. The molecule has 0 saturated carbocycles. The van der Waals surface area contributed by atoms with Crippen LogP contribution in [0.1, 0.15) is 26.2 Å². The number of nitrogens with two attached hydrogens (primary N) is 1. The molecule has 1 aromatic rings. The summed E-state index contributed by atoms with van der Waals surface area (Å²) in [5, 5.41) is 12.3. The van der Waals surface area contributed by atoms with E-state index in [4.69, 9.17) is 15.6 Å². The quantitative estimate of drug-likeness (QED) is 0.674. The molecule has 4 N–H and O–H groups in total. The van der Waals surface area contributed by atoms with E-state index in [1.54, 1.807) is 19.2 Å². The number of ether oxygens (including phenoxy) is 1. The van der Waals surface area contributed by atoms with E-state index in [0.29, 0.717) is 23.8 Å². The molecule has 0 saturated heterocycles. The molecular formula is C12H21N3O2. The number of aromatic nitrogens is 1. The minimum Gasteiger partial charge on any atom is -0.493 e. The van der Waals surface area contributed by atoms with E-state index in [2.05, 4.69) is 17.2 Å². The Kier molecular flexibility index (Phi) is 5.56. The third-order valence-electron chi connectivity index (χ3n) is 2.56. The first-order valence-electron chi connectivity index (χ1n) is 5.89. The SMILES string of the molecule is CCC[C@@H](CCO)Nc1nc(N)ccc1OC. The van der Waals surface area contributed by atoms with Gasteiger partial charge in [-0.3, -0.25) is 0 Å². The molecule has 0 bridgehead atoms. The highest BCUT2D eigenvalue weighted by molar-refractivity contribution is 5.54. The van der Waals surface area contributed by atoms with Gasteiger partial charge in [-0.15, -0.1) is 0 Å². The number of aliphatic hydroxyl groups excluding tert-OH is 1. The van der Waals surface area contributed by atoms with Gasteiger partial charge in [0, 0.05) is 12.6 Å². The summed E-state index contributed by atoms with van der Waals surface area (Å²) in [6.45, 7) is 2.26. The van der Waals surface area contributed by atoms with Gasteiger partial charge in [0.25, 0.3) is 0 Å². The molecule has 1 atom stereocenters. The highest BCUT2D eigenvalue weighted by Gasteiger charge is 2.11. The Hall–Kier alpha value is -1.49. The van der Waals surface area contributed by atoms with Crippen LogP contribution in [-0.2, 0) is 0 Å². The zero-order valence-corrected chi connectivity index (χ0v) is 10.4. The van der Waals surface area contributed by atoms with Crippen molar-refractivity contribution < 1.29 is 9.84 Å². The molecule has 5 nitrogen and oxygen atoms in total. The largest absolute Gasteiger partial charge is 0.493 e. The van der Waals surface area contributed by atoms with Crippen molar-refractivity contribution in [3.63, 3.8) is 0 Å². The Labute approximate surface area is 102 Å². The molecule has 0 unspecified atom stereocenters. The van der Waals surface area contributed by atoms with Crippen molar-refractivity contribution in [1.82, 2.24) is 4.98 Å². The highest BCUT2D eigenvalue weighted by Crippen LogP contribution is 2.24. The van der Waals surface area contributed by atoms with Crippen LogP contribution in [0.15, 0.2) is 12.1 Å². The van der Waals surface area contributed by atoms with Crippen molar-refractivity contribution in [1.29, 1.82) is 0 Å². The van der Waals surface area contributed by atoms with Crippen LogP contribution < -0.4 is 15.8 Å². The van der Waals surface area contributed by atoms with E-state index in [0.717, 1.165) is 12.8 Å². The standard InChI is InChI=1S/C12H21N3O2/c1-3-4-9(7-8-16)14-12-10(17-2)5-6-11(13)15-12/h5-6,9,16H,3-4,7-8H2,1-2H3,(H3,13,14,15)/t9-/m0/s1. The zero-order chi connectivity index (χ0) is 12.7. The number of hydrogen-bond acceptors (Lipinski definition) is 5. The monoisotopic (exact) mass is 239 g/mol. The highest BCUT2D eigenvalue weighted by atomic mass is 16.5. The molecule has 96 valence electrons. The Morgan fingerprint density at radius 3 is 2.82 bits per heavy atom. The van der Waals surface area contributed by atoms with Gasteiger partial charge in [0.15, 0.2) is 11.6 Å². The number of rotatable bonds is 7. The summed E-state index contributed by atoms with van der Waals surface area (Å²) in [6.07, 6.45) is 2.70. The molecule has 0 aliphatic carbocycles. The smallest absolute Gasteiger partial charge is 0.171 e. The average molecular weight is 239 g/mol. The lowest BCUT2D eigenvalue weighted by Gasteiger charge is -2.19. The molecule has 0 aliphatic heterocycles. The first-order chi connectivity index (χ1) is 8.21. The maximum atomic E-state index is 9.01. The van der Waals surface area contributed by atoms with Crippen molar-refractivity contribution in [2.75, 3.05) is 24.8 Å². The van der Waals surface area contributed by atoms with E-state index in [1.165, 1.54) is 0 Å². The van der Waals surface area contributed by atoms with E-state index in [9.17, 15) is 0 Å². The Morgan fingerprint density at radius 1 is 1.47 bits per heavy atom. The second-order valence-electron chi connectivity index (χ2n) is 3.93. The van der Waals surface area contributed by atoms with Crippen LogP contribution in [0.25, 0.3) is 0 Å². The fourth-order valence-corrected chi connectivity index (χ4v) is 1.72. The minimum atomic E-state index is 0.155. The summed E-state index contributed by atoms with van der Waals surface area (Å²) in [6, 6.07) is 3.67. The van der Waals surface area contributed by atoms with Gasteiger partial charge in [-0.2, -0.15) is 0 Å². The van der Waals surface area contributed by atoms with Gasteiger partial charge in [0.05, 0.1) is 7.11 Å². The zero-order valence-electron chi connectivity index (χ0n) is 10.4. The van der Waals surface area contributed by atoms with Gasteiger partial charge >= 0.3 is 0 Å². The maximum absolute atomic E-state index is 9.01. The van der Waals surface area contributed by atoms with Crippen molar-refractivity contribution >= 4 is 11.6 Å². The van der Waals surface area contributed by atoms with Gasteiger partial charge in [-0.05, 0) is 25.0 Å². The Morgan fingerprint density at radius 2 is 2.24 bits per heavy atom. The van der Waals surface area contributed by atoms with Crippen molar-refractivity contribution in [3.05, 3.63) is 12.1 Å². The average Bonchev–Trinajstić information content (AvgIpc) is 2.30. The third-order valence-corrected chi connectivity index (χ3v) is 2.56. The molecule has 0 radical (unpaired) electrons. The molecular weight excluding hydrogens is 218 g/mol. The molecule has 17 heavy (non-hydrogen) atoms. The van der Waals surface area contributed by atoms with Crippen LogP contribution in [0.4, 0.5) is 11.6 Å². The predicted octanol–water partition coefficient (Wildman–Crippen LogP) is 1.64.